The van der Waals surface area contributed by atoms with Crippen molar-refractivity contribution < 1.29 is 23.5 Å². The molecule has 2 aliphatic rings. The smallest absolute Gasteiger partial charge is 0.410 e. The maximum atomic E-state index is 13.0. The average molecular weight is 418 g/mol. The van der Waals surface area contributed by atoms with E-state index < -0.39 is 23.3 Å². The number of oxazole rings is 1. The quantitative estimate of drug-likeness (QED) is 0.769. The molecule has 1 N–H and O–H groups in total. The molecule has 4 rings (SSSR count). The van der Waals surface area contributed by atoms with E-state index in [2.05, 4.69) is 10.3 Å². The normalized spacial score (nSPS) is 21.9. The van der Waals surface area contributed by atoms with Crippen molar-refractivity contribution in [3.05, 3.63) is 29.5 Å². The average Bonchev–Trinajstić information content (AvgIpc) is 3.39. The summed E-state index contributed by atoms with van der Waals surface area (Å²) in [7, 11) is 0. The van der Waals surface area contributed by atoms with Gasteiger partial charge in [0.2, 0.25) is 5.89 Å². The highest BCUT2D eigenvalue weighted by Crippen LogP contribution is 2.31. The fourth-order valence-electron chi connectivity index (χ4n) is 3.44. The molecule has 2 saturated heterocycles. The van der Waals surface area contributed by atoms with Gasteiger partial charge in [-0.25, -0.2) is 14.6 Å². The van der Waals surface area contributed by atoms with Gasteiger partial charge in [-0.15, -0.1) is 11.3 Å². The van der Waals surface area contributed by atoms with Crippen molar-refractivity contribution in [2.75, 3.05) is 13.1 Å². The summed E-state index contributed by atoms with van der Waals surface area (Å²) in [6, 6.07) is 3.27. The number of carbonyl (C=O) groups is 3. The van der Waals surface area contributed by atoms with Crippen LogP contribution in [0.4, 0.5) is 9.59 Å². The van der Waals surface area contributed by atoms with Gasteiger partial charge in [-0.05, 0) is 38.6 Å². The molecule has 0 unspecified atom stereocenters. The molecule has 1 spiro atoms. The van der Waals surface area contributed by atoms with Crippen molar-refractivity contribution in [1.29, 1.82) is 0 Å². The minimum Gasteiger partial charge on any atom is -0.444 e. The van der Waals surface area contributed by atoms with Crippen LogP contribution >= 0.6 is 11.3 Å². The summed E-state index contributed by atoms with van der Waals surface area (Å²) in [6.07, 6.45) is 1.29. The van der Waals surface area contributed by atoms with Crippen molar-refractivity contribution in [3.8, 4) is 10.8 Å². The molecule has 0 radical (unpaired) electrons. The van der Waals surface area contributed by atoms with Crippen LogP contribution in [0.2, 0.25) is 0 Å². The lowest BCUT2D eigenvalue weighted by atomic mass is 9.99. The molecule has 154 valence electrons. The van der Waals surface area contributed by atoms with E-state index in [-0.39, 0.29) is 19.0 Å². The number of likely N-dealkylation sites (tertiary alicyclic amines) is 1. The lowest BCUT2D eigenvalue weighted by molar-refractivity contribution is -0.131. The first-order valence-corrected chi connectivity index (χ1v) is 10.2. The predicted molar refractivity (Wildman–Crippen MR) is 104 cm³/mol. The highest BCUT2D eigenvalue weighted by molar-refractivity contribution is 7.13. The van der Waals surface area contributed by atoms with Gasteiger partial charge in [0, 0.05) is 6.54 Å². The number of hydrogen-bond acceptors (Lipinski definition) is 7. The maximum absolute atomic E-state index is 13.0. The highest BCUT2D eigenvalue weighted by atomic mass is 32.1. The number of hydrogen-bond donors (Lipinski definition) is 1. The van der Waals surface area contributed by atoms with Crippen molar-refractivity contribution in [2.45, 2.75) is 44.9 Å². The van der Waals surface area contributed by atoms with Gasteiger partial charge in [0.25, 0.3) is 5.91 Å². The Labute approximate surface area is 171 Å². The molecule has 9 nitrogen and oxygen atoms in total. The largest absolute Gasteiger partial charge is 0.444 e. The SMILES string of the molecule is CC(C)(C)OC(=O)N1CC[C@@]2(C1)NC(=O)N(Cc1coc(-c3cccs3)n1)C2=O. The number of ether oxygens (including phenoxy) is 1. The molecule has 2 fully saturated rings. The van der Waals surface area contributed by atoms with E-state index in [4.69, 9.17) is 9.15 Å². The third-order valence-electron chi connectivity index (χ3n) is 4.77. The van der Waals surface area contributed by atoms with Crippen molar-refractivity contribution in [3.63, 3.8) is 0 Å². The van der Waals surface area contributed by atoms with Gasteiger partial charge >= 0.3 is 12.1 Å². The van der Waals surface area contributed by atoms with Crippen LogP contribution in [0.3, 0.4) is 0 Å². The molecule has 4 heterocycles. The first-order valence-electron chi connectivity index (χ1n) is 9.27. The van der Waals surface area contributed by atoms with Crippen LogP contribution in [0.1, 0.15) is 32.9 Å². The number of aromatic nitrogens is 1. The van der Waals surface area contributed by atoms with Gasteiger partial charge in [0.15, 0.2) is 0 Å². The molecule has 4 amide bonds. The van der Waals surface area contributed by atoms with E-state index in [0.717, 1.165) is 9.78 Å². The Hall–Kier alpha value is -2.88. The van der Waals surface area contributed by atoms with E-state index in [1.165, 1.54) is 22.5 Å². The van der Waals surface area contributed by atoms with Gasteiger partial charge < -0.3 is 19.4 Å². The zero-order valence-corrected chi connectivity index (χ0v) is 17.2. The summed E-state index contributed by atoms with van der Waals surface area (Å²) in [5.74, 6) is 0.0861. The monoisotopic (exact) mass is 418 g/mol. The number of rotatable bonds is 3. The van der Waals surface area contributed by atoms with Crippen molar-refractivity contribution >= 4 is 29.4 Å². The fourth-order valence-corrected chi connectivity index (χ4v) is 4.10. The number of nitrogens with one attached hydrogen (secondary N) is 1. The predicted octanol–water partition coefficient (Wildman–Crippen LogP) is 2.83. The Morgan fingerprint density at radius 2 is 2.21 bits per heavy atom. The molecule has 29 heavy (non-hydrogen) atoms. The van der Waals surface area contributed by atoms with Gasteiger partial charge in [-0.3, -0.25) is 9.69 Å². The Morgan fingerprint density at radius 3 is 2.90 bits per heavy atom. The van der Waals surface area contributed by atoms with Gasteiger partial charge in [0.1, 0.15) is 17.4 Å². The molecule has 2 aromatic rings. The Bertz CT molecular complexity index is 948. The van der Waals surface area contributed by atoms with Gasteiger partial charge in [-0.2, -0.15) is 0 Å². The van der Waals surface area contributed by atoms with Crippen LogP contribution < -0.4 is 5.32 Å². The summed E-state index contributed by atoms with van der Waals surface area (Å²) in [6.45, 7) is 5.77. The Balaban J connectivity index is 1.45. The van der Waals surface area contributed by atoms with Crippen LogP contribution in [0.5, 0.6) is 0 Å². The van der Waals surface area contributed by atoms with E-state index in [0.29, 0.717) is 24.6 Å². The molecular formula is C19H22N4O5S. The lowest BCUT2D eigenvalue weighted by Gasteiger charge is -2.25. The zero-order valence-electron chi connectivity index (χ0n) is 16.4. The summed E-state index contributed by atoms with van der Waals surface area (Å²) >= 11 is 1.49. The number of amides is 4. The molecule has 0 saturated carbocycles. The second kappa shape index (κ2) is 6.87. The van der Waals surface area contributed by atoms with Crippen LogP contribution in [0, 0.1) is 0 Å². The van der Waals surface area contributed by atoms with Crippen molar-refractivity contribution in [1.82, 2.24) is 20.1 Å². The van der Waals surface area contributed by atoms with E-state index in [9.17, 15) is 14.4 Å². The second-order valence-electron chi connectivity index (χ2n) is 8.18. The Morgan fingerprint density at radius 1 is 1.41 bits per heavy atom. The van der Waals surface area contributed by atoms with Crippen molar-refractivity contribution in [2.24, 2.45) is 0 Å². The van der Waals surface area contributed by atoms with Crippen LogP contribution in [0.15, 0.2) is 28.2 Å². The van der Waals surface area contributed by atoms with Gasteiger partial charge in [-0.1, -0.05) is 6.07 Å². The van der Waals surface area contributed by atoms with Gasteiger partial charge in [0.05, 0.1) is 23.7 Å². The molecule has 2 aliphatic heterocycles. The van der Waals surface area contributed by atoms with E-state index in [1.807, 2.05) is 17.5 Å². The zero-order chi connectivity index (χ0) is 20.8. The number of nitrogens with zero attached hydrogens (tertiary/aromatic N) is 3. The first-order chi connectivity index (χ1) is 13.7. The Kier molecular flexibility index (Phi) is 4.60. The topological polar surface area (TPSA) is 105 Å². The second-order valence-corrected chi connectivity index (χ2v) is 9.12. The number of carbonyl (C=O) groups excluding carboxylic acids is 3. The van der Waals surface area contributed by atoms with E-state index >= 15 is 0 Å². The first kappa shape index (κ1) is 19.4. The summed E-state index contributed by atoms with van der Waals surface area (Å²) in [5, 5.41) is 4.68. The van der Waals surface area contributed by atoms with Crippen LogP contribution in [0.25, 0.3) is 10.8 Å². The lowest BCUT2D eigenvalue weighted by Crippen LogP contribution is -2.50. The third kappa shape index (κ3) is 3.71. The van der Waals surface area contributed by atoms with Crippen LogP contribution in [-0.4, -0.2) is 57.0 Å². The minimum atomic E-state index is -1.12. The molecule has 0 aliphatic carbocycles. The summed E-state index contributed by atoms with van der Waals surface area (Å²) < 4.78 is 10.8. The number of imide groups is 1. The molecule has 0 aromatic carbocycles. The number of urea groups is 1. The van der Waals surface area contributed by atoms with E-state index in [1.54, 1.807) is 20.8 Å². The molecule has 1 atom stereocenters. The summed E-state index contributed by atoms with van der Waals surface area (Å²) in [5.41, 5.74) is -1.26. The maximum Gasteiger partial charge on any atom is 0.410 e. The summed E-state index contributed by atoms with van der Waals surface area (Å²) in [4.78, 5) is 45.7. The van der Waals surface area contributed by atoms with Crippen LogP contribution in [-0.2, 0) is 16.1 Å². The minimum absolute atomic E-state index is 0.00767. The molecule has 10 heteroatoms. The number of thiophene rings is 1. The highest BCUT2D eigenvalue weighted by Gasteiger charge is 2.56. The third-order valence-corrected chi connectivity index (χ3v) is 5.63. The molecular weight excluding hydrogens is 396 g/mol. The molecule has 2 aromatic heterocycles. The molecule has 0 bridgehead atoms. The fraction of sp³-hybridized carbons (Fsp3) is 0.474. The standard InChI is InChI=1S/C19H22N4O5S/c1-18(2,3)28-17(26)22-7-6-19(11-22)15(24)23(16(25)21-19)9-12-10-27-14(20-12)13-5-4-8-29-13/h4-5,8,10H,6-7,9,11H2,1-3H3,(H,21,25)/t19-/m0/s1.